The molecular formula is C9H9BrN4. The summed E-state index contributed by atoms with van der Waals surface area (Å²) < 4.78 is 2.55. The zero-order chi connectivity index (χ0) is 10.1. The van der Waals surface area contributed by atoms with Gasteiger partial charge in [0.25, 0.3) is 0 Å². The van der Waals surface area contributed by atoms with Crippen molar-refractivity contribution in [3.05, 3.63) is 29.0 Å². The van der Waals surface area contributed by atoms with Crippen molar-refractivity contribution in [1.29, 1.82) is 0 Å². The Morgan fingerprint density at radius 3 is 2.79 bits per heavy atom. The number of nitrogen functional groups attached to an aromatic ring is 1. The first-order valence-electron chi connectivity index (χ1n) is 4.08. The lowest BCUT2D eigenvalue weighted by Crippen LogP contribution is -1.94. The van der Waals surface area contributed by atoms with Crippen molar-refractivity contribution < 1.29 is 0 Å². The van der Waals surface area contributed by atoms with E-state index in [1.54, 1.807) is 17.1 Å². The Morgan fingerprint density at radius 2 is 2.29 bits per heavy atom. The third kappa shape index (κ3) is 1.39. The average molecular weight is 253 g/mol. The number of nitrogens with zero attached hydrogens (tertiary/aromatic N) is 3. The highest BCUT2D eigenvalue weighted by molar-refractivity contribution is 9.10. The van der Waals surface area contributed by atoms with Gasteiger partial charge in [0.05, 0.1) is 10.2 Å². The molecule has 0 radical (unpaired) electrons. The van der Waals surface area contributed by atoms with Crippen molar-refractivity contribution in [3.8, 4) is 11.3 Å². The summed E-state index contributed by atoms with van der Waals surface area (Å²) in [5.74, 6) is 0.492. The minimum atomic E-state index is 0.492. The highest BCUT2D eigenvalue weighted by Crippen LogP contribution is 2.31. The maximum Gasteiger partial charge on any atom is 0.160 e. The van der Waals surface area contributed by atoms with Crippen LogP contribution >= 0.6 is 15.9 Å². The number of pyridine rings is 1. The second kappa shape index (κ2) is 3.42. The summed E-state index contributed by atoms with van der Waals surface area (Å²) in [5, 5.41) is 4.11. The van der Waals surface area contributed by atoms with E-state index in [0.717, 1.165) is 15.7 Å². The molecule has 0 unspecified atom stereocenters. The fourth-order valence-electron chi connectivity index (χ4n) is 1.34. The first kappa shape index (κ1) is 9.21. The number of hydrogen-bond donors (Lipinski definition) is 1. The largest absolute Gasteiger partial charge is 0.381 e. The summed E-state index contributed by atoms with van der Waals surface area (Å²) in [5.41, 5.74) is 7.61. The van der Waals surface area contributed by atoms with Gasteiger partial charge < -0.3 is 5.73 Å². The summed E-state index contributed by atoms with van der Waals surface area (Å²) >= 11 is 3.40. The third-order valence-electron chi connectivity index (χ3n) is 1.95. The molecule has 0 aromatic carbocycles. The van der Waals surface area contributed by atoms with Gasteiger partial charge >= 0.3 is 0 Å². The lowest BCUT2D eigenvalue weighted by Gasteiger charge is -2.00. The van der Waals surface area contributed by atoms with Crippen LogP contribution in [0.25, 0.3) is 11.3 Å². The molecule has 0 fully saturated rings. The van der Waals surface area contributed by atoms with Crippen LogP contribution in [0.3, 0.4) is 0 Å². The normalized spacial score (nSPS) is 10.4. The van der Waals surface area contributed by atoms with Gasteiger partial charge in [-0.25, -0.2) is 0 Å². The quantitative estimate of drug-likeness (QED) is 0.843. The lowest BCUT2D eigenvalue weighted by molar-refractivity contribution is 0.780. The van der Waals surface area contributed by atoms with E-state index in [1.807, 2.05) is 19.2 Å². The smallest absolute Gasteiger partial charge is 0.160 e. The van der Waals surface area contributed by atoms with Crippen molar-refractivity contribution in [2.24, 2.45) is 7.05 Å². The van der Waals surface area contributed by atoms with E-state index in [0.29, 0.717) is 5.82 Å². The third-order valence-corrected chi connectivity index (χ3v) is 2.73. The Bertz CT molecular complexity index is 449. The van der Waals surface area contributed by atoms with Crippen molar-refractivity contribution >= 4 is 21.7 Å². The topological polar surface area (TPSA) is 56.7 Å². The van der Waals surface area contributed by atoms with Crippen molar-refractivity contribution in [2.45, 2.75) is 0 Å². The zero-order valence-electron chi connectivity index (χ0n) is 7.61. The molecule has 0 saturated carbocycles. The molecule has 5 heteroatoms. The van der Waals surface area contributed by atoms with Crippen LogP contribution in [-0.4, -0.2) is 14.8 Å². The number of hydrogen-bond acceptors (Lipinski definition) is 3. The first-order valence-corrected chi connectivity index (χ1v) is 4.88. The Morgan fingerprint density at radius 1 is 1.50 bits per heavy atom. The van der Waals surface area contributed by atoms with Crippen LogP contribution in [0.2, 0.25) is 0 Å². The summed E-state index contributed by atoms with van der Waals surface area (Å²) in [6, 6.07) is 3.85. The Balaban J connectivity index is 2.62. The second-order valence-electron chi connectivity index (χ2n) is 2.91. The Labute approximate surface area is 89.9 Å². The van der Waals surface area contributed by atoms with E-state index >= 15 is 0 Å². The van der Waals surface area contributed by atoms with E-state index in [2.05, 4.69) is 26.0 Å². The van der Waals surface area contributed by atoms with Crippen LogP contribution < -0.4 is 5.73 Å². The molecule has 0 bridgehead atoms. The van der Waals surface area contributed by atoms with Gasteiger partial charge in [-0.2, -0.15) is 5.10 Å². The predicted molar refractivity (Wildman–Crippen MR) is 58.6 cm³/mol. The Kier molecular flexibility index (Phi) is 2.25. The van der Waals surface area contributed by atoms with Crippen LogP contribution in [-0.2, 0) is 7.05 Å². The van der Waals surface area contributed by atoms with Gasteiger partial charge in [0.1, 0.15) is 0 Å². The summed E-state index contributed by atoms with van der Waals surface area (Å²) in [6.45, 7) is 0. The first-order chi connectivity index (χ1) is 6.70. The van der Waals surface area contributed by atoms with E-state index in [9.17, 15) is 0 Å². The number of rotatable bonds is 1. The van der Waals surface area contributed by atoms with E-state index < -0.39 is 0 Å². The van der Waals surface area contributed by atoms with Crippen molar-refractivity contribution in [2.75, 3.05) is 5.73 Å². The van der Waals surface area contributed by atoms with Gasteiger partial charge in [0.15, 0.2) is 5.82 Å². The second-order valence-corrected chi connectivity index (χ2v) is 3.71. The fourth-order valence-corrected chi connectivity index (χ4v) is 1.90. The van der Waals surface area contributed by atoms with Crippen LogP contribution in [0.5, 0.6) is 0 Å². The summed E-state index contributed by atoms with van der Waals surface area (Å²) in [6.07, 6.45) is 3.51. The van der Waals surface area contributed by atoms with E-state index in [-0.39, 0.29) is 0 Å². The molecule has 4 nitrogen and oxygen atoms in total. The molecule has 0 amide bonds. The molecule has 2 aromatic rings. The average Bonchev–Trinajstić information content (AvgIpc) is 2.43. The molecule has 0 saturated heterocycles. The maximum absolute atomic E-state index is 5.68. The number of halogens is 1. The molecule has 2 heterocycles. The van der Waals surface area contributed by atoms with Gasteiger partial charge in [-0.15, -0.1) is 0 Å². The minimum Gasteiger partial charge on any atom is -0.381 e. The standard InChI is InChI=1S/C9H9BrN4/c1-14-8(7(10)9(11)13-14)6-3-2-4-12-5-6/h2-5H,1H3,(H2,11,13). The zero-order valence-corrected chi connectivity index (χ0v) is 9.19. The number of aromatic nitrogens is 3. The fraction of sp³-hybridized carbons (Fsp3) is 0.111. The maximum atomic E-state index is 5.68. The van der Waals surface area contributed by atoms with Gasteiger partial charge in [0.2, 0.25) is 0 Å². The van der Waals surface area contributed by atoms with Gasteiger partial charge in [0, 0.05) is 25.0 Å². The molecule has 0 aliphatic heterocycles. The molecule has 0 aliphatic rings. The van der Waals surface area contributed by atoms with E-state index in [4.69, 9.17) is 5.73 Å². The summed E-state index contributed by atoms with van der Waals surface area (Å²) in [7, 11) is 1.85. The van der Waals surface area contributed by atoms with Crippen LogP contribution in [0, 0.1) is 0 Å². The molecular weight excluding hydrogens is 244 g/mol. The Hall–Kier alpha value is -1.36. The predicted octanol–water partition coefficient (Wildman–Crippen LogP) is 1.83. The van der Waals surface area contributed by atoms with Crippen LogP contribution in [0.1, 0.15) is 0 Å². The van der Waals surface area contributed by atoms with E-state index in [1.165, 1.54) is 0 Å². The van der Waals surface area contributed by atoms with Crippen LogP contribution in [0.4, 0.5) is 5.82 Å². The van der Waals surface area contributed by atoms with Gasteiger partial charge in [-0.3, -0.25) is 9.67 Å². The molecule has 2 rings (SSSR count). The molecule has 14 heavy (non-hydrogen) atoms. The SMILES string of the molecule is Cn1nc(N)c(Br)c1-c1cccnc1. The molecule has 2 aromatic heterocycles. The number of aryl methyl sites for hydroxylation is 1. The highest BCUT2D eigenvalue weighted by atomic mass is 79.9. The molecule has 0 atom stereocenters. The summed E-state index contributed by atoms with van der Waals surface area (Å²) in [4.78, 5) is 4.05. The number of anilines is 1. The lowest BCUT2D eigenvalue weighted by atomic mass is 10.2. The molecule has 72 valence electrons. The highest BCUT2D eigenvalue weighted by Gasteiger charge is 2.12. The van der Waals surface area contributed by atoms with Crippen LogP contribution in [0.15, 0.2) is 29.0 Å². The monoisotopic (exact) mass is 252 g/mol. The molecule has 0 aliphatic carbocycles. The molecule has 0 spiro atoms. The van der Waals surface area contributed by atoms with Gasteiger partial charge in [-0.1, -0.05) is 0 Å². The molecule has 2 N–H and O–H groups in total. The number of nitrogens with two attached hydrogens (primary N) is 1. The van der Waals surface area contributed by atoms with Gasteiger partial charge in [-0.05, 0) is 28.1 Å². The van der Waals surface area contributed by atoms with Crippen molar-refractivity contribution in [3.63, 3.8) is 0 Å². The minimum absolute atomic E-state index is 0.492. The van der Waals surface area contributed by atoms with Crippen molar-refractivity contribution in [1.82, 2.24) is 14.8 Å².